The molecule has 0 bridgehead atoms. The van der Waals surface area contributed by atoms with E-state index in [2.05, 4.69) is 0 Å². The summed E-state index contributed by atoms with van der Waals surface area (Å²) in [6.45, 7) is -0.0333. The lowest BCUT2D eigenvalue weighted by molar-refractivity contribution is 0.145. The molecular formula is C15H14O5. The zero-order chi connectivity index (χ0) is 13.9. The maximum atomic E-state index is 11.7. The molecule has 0 saturated carbocycles. The molecule has 1 aliphatic rings. The molecule has 104 valence electrons. The molecule has 1 aliphatic heterocycles. The van der Waals surface area contributed by atoms with Gasteiger partial charge in [-0.25, -0.2) is 0 Å². The summed E-state index contributed by atoms with van der Waals surface area (Å²) in [5.74, 6) is 1.21. The van der Waals surface area contributed by atoms with Crippen molar-refractivity contribution >= 4 is 0 Å². The van der Waals surface area contributed by atoms with E-state index < -0.39 is 0 Å². The molecule has 0 radical (unpaired) electrons. The summed E-state index contributed by atoms with van der Waals surface area (Å²) in [7, 11) is 0. The van der Waals surface area contributed by atoms with Crippen LogP contribution in [0.4, 0.5) is 0 Å². The summed E-state index contributed by atoms with van der Waals surface area (Å²) in [5, 5.41) is 8.86. The summed E-state index contributed by atoms with van der Waals surface area (Å²) in [4.78, 5) is 11.7. The van der Waals surface area contributed by atoms with E-state index in [1.165, 1.54) is 12.3 Å². The van der Waals surface area contributed by atoms with Crippen LogP contribution in [0.1, 0.15) is 11.3 Å². The van der Waals surface area contributed by atoms with Crippen molar-refractivity contribution in [2.75, 3.05) is 6.61 Å². The third-order valence-corrected chi connectivity index (χ3v) is 3.15. The van der Waals surface area contributed by atoms with E-state index in [-0.39, 0.29) is 36.3 Å². The highest BCUT2D eigenvalue weighted by Gasteiger charge is 2.23. The molecule has 0 amide bonds. The molecule has 0 saturated heterocycles. The SMILES string of the molecule is O=c1cc(CO)occ1OCC1Cc2ccccc2O1. The van der Waals surface area contributed by atoms with Crippen LogP contribution >= 0.6 is 0 Å². The first-order chi connectivity index (χ1) is 9.76. The molecule has 1 atom stereocenters. The minimum Gasteiger partial charge on any atom is -0.486 e. The number of rotatable bonds is 4. The lowest BCUT2D eigenvalue weighted by atomic mass is 10.1. The van der Waals surface area contributed by atoms with Crippen LogP contribution in [0.25, 0.3) is 0 Å². The van der Waals surface area contributed by atoms with E-state index in [1.807, 2.05) is 24.3 Å². The van der Waals surface area contributed by atoms with Crippen molar-refractivity contribution < 1.29 is 19.0 Å². The van der Waals surface area contributed by atoms with Gasteiger partial charge in [0.25, 0.3) is 0 Å². The standard InChI is InChI=1S/C15H14O5/c16-7-11-6-13(17)15(9-18-11)19-8-12-5-10-3-1-2-4-14(10)20-12/h1-4,6,9,12,16H,5,7-8H2. The van der Waals surface area contributed by atoms with E-state index in [9.17, 15) is 4.79 Å². The van der Waals surface area contributed by atoms with Gasteiger partial charge in [-0.2, -0.15) is 0 Å². The van der Waals surface area contributed by atoms with Gasteiger partial charge in [0.15, 0.2) is 0 Å². The fourth-order valence-electron chi connectivity index (χ4n) is 2.16. The second-order valence-corrected chi connectivity index (χ2v) is 4.60. The maximum Gasteiger partial charge on any atom is 0.227 e. The van der Waals surface area contributed by atoms with Crippen molar-refractivity contribution in [2.45, 2.75) is 19.1 Å². The van der Waals surface area contributed by atoms with Crippen LogP contribution in [0.3, 0.4) is 0 Å². The Kier molecular flexibility index (Phi) is 3.43. The minimum absolute atomic E-state index is 0.107. The largest absolute Gasteiger partial charge is 0.486 e. The van der Waals surface area contributed by atoms with Crippen LogP contribution in [0.2, 0.25) is 0 Å². The van der Waals surface area contributed by atoms with Gasteiger partial charge >= 0.3 is 0 Å². The number of aliphatic hydroxyl groups excluding tert-OH is 1. The van der Waals surface area contributed by atoms with Gasteiger partial charge in [0.2, 0.25) is 11.2 Å². The summed E-state index contributed by atoms with van der Waals surface area (Å²) in [6, 6.07) is 9.04. The molecule has 5 heteroatoms. The number of benzene rings is 1. The summed E-state index contributed by atoms with van der Waals surface area (Å²) < 4.78 is 16.2. The second-order valence-electron chi connectivity index (χ2n) is 4.60. The minimum atomic E-state index is -0.309. The van der Waals surface area contributed by atoms with Crippen molar-refractivity contribution in [3.8, 4) is 11.5 Å². The fraction of sp³-hybridized carbons (Fsp3) is 0.267. The number of para-hydroxylation sites is 1. The van der Waals surface area contributed by atoms with Crippen molar-refractivity contribution in [1.82, 2.24) is 0 Å². The topological polar surface area (TPSA) is 68.9 Å². The van der Waals surface area contributed by atoms with Crippen LogP contribution in [-0.4, -0.2) is 17.8 Å². The monoisotopic (exact) mass is 274 g/mol. The Morgan fingerprint density at radius 3 is 2.95 bits per heavy atom. The van der Waals surface area contributed by atoms with E-state index in [0.29, 0.717) is 0 Å². The lowest BCUT2D eigenvalue weighted by Gasteiger charge is -2.11. The van der Waals surface area contributed by atoms with Crippen LogP contribution in [0, 0.1) is 0 Å². The first-order valence-electron chi connectivity index (χ1n) is 6.36. The number of ether oxygens (including phenoxy) is 2. The quantitative estimate of drug-likeness (QED) is 0.915. The van der Waals surface area contributed by atoms with Crippen LogP contribution in [0.15, 0.2) is 45.8 Å². The Hall–Kier alpha value is -2.27. The predicted octanol–water partition coefficient (Wildman–Crippen LogP) is 1.51. The molecule has 2 aromatic rings. The molecule has 0 aliphatic carbocycles. The number of fused-ring (bicyclic) bond motifs is 1. The van der Waals surface area contributed by atoms with Gasteiger partial charge in [-0.05, 0) is 11.6 Å². The second kappa shape index (κ2) is 5.38. The van der Waals surface area contributed by atoms with Crippen molar-refractivity contribution in [3.05, 3.63) is 58.1 Å². The molecule has 1 unspecified atom stereocenters. The maximum absolute atomic E-state index is 11.7. The van der Waals surface area contributed by atoms with Crippen molar-refractivity contribution in [1.29, 1.82) is 0 Å². The Bertz CT molecular complexity index is 636. The number of hydrogen-bond acceptors (Lipinski definition) is 5. The highest BCUT2D eigenvalue weighted by atomic mass is 16.5. The molecule has 20 heavy (non-hydrogen) atoms. The van der Waals surface area contributed by atoms with Gasteiger partial charge in [0.1, 0.15) is 37.1 Å². The van der Waals surface area contributed by atoms with E-state index in [0.717, 1.165) is 17.7 Å². The molecule has 1 aromatic carbocycles. The van der Waals surface area contributed by atoms with Gasteiger partial charge in [-0.15, -0.1) is 0 Å². The van der Waals surface area contributed by atoms with E-state index in [1.54, 1.807) is 0 Å². The van der Waals surface area contributed by atoms with Gasteiger partial charge < -0.3 is 19.0 Å². The highest BCUT2D eigenvalue weighted by Crippen LogP contribution is 2.28. The Morgan fingerprint density at radius 2 is 2.20 bits per heavy atom. The molecule has 3 rings (SSSR count). The first kappa shape index (κ1) is 12.7. The van der Waals surface area contributed by atoms with Crippen LogP contribution < -0.4 is 14.9 Å². The Morgan fingerprint density at radius 1 is 1.35 bits per heavy atom. The normalized spacial score (nSPS) is 16.6. The summed E-state index contributed by atoms with van der Waals surface area (Å²) in [6.07, 6.45) is 1.87. The average Bonchev–Trinajstić information content (AvgIpc) is 2.88. The van der Waals surface area contributed by atoms with E-state index in [4.69, 9.17) is 19.0 Å². The predicted molar refractivity (Wildman–Crippen MR) is 71.0 cm³/mol. The molecule has 0 fully saturated rings. The highest BCUT2D eigenvalue weighted by molar-refractivity contribution is 5.37. The molecule has 1 aromatic heterocycles. The Balaban J connectivity index is 1.63. The molecular weight excluding hydrogens is 260 g/mol. The summed E-state index contributed by atoms with van der Waals surface area (Å²) >= 11 is 0. The van der Waals surface area contributed by atoms with Gasteiger partial charge in [-0.1, -0.05) is 18.2 Å². The number of hydrogen-bond donors (Lipinski definition) is 1. The van der Waals surface area contributed by atoms with Gasteiger partial charge in [-0.3, -0.25) is 4.79 Å². The van der Waals surface area contributed by atoms with Gasteiger partial charge in [0, 0.05) is 12.5 Å². The third kappa shape index (κ3) is 2.53. The third-order valence-electron chi connectivity index (χ3n) is 3.15. The Labute approximate surface area is 115 Å². The molecule has 5 nitrogen and oxygen atoms in total. The molecule has 1 N–H and O–H groups in total. The zero-order valence-electron chi connectivity index (χ0n) is 10.7. The first-order valence-corrected chi connectivity index (χ1v) is 6.36. The van der Waals surface area contributed by atoms with Crippen molar-refractivity contribution in [3.63, 3.8) is 0 Å². The van der Waals surface area contributed by atoms with Crippen LogP contribution in [-0.2, 0) is 13.0 Å². The van der Waals surface area contributed by atoms with Crippen LogP contribution in [0.5, 0.6) is 11.5 Å². The van der Waals surface area contributed by atoms with Gasteiger partial charge in [0.05, 0.1) is 0 Å². The molecule has 0 spiro atoms. The fourth-order valence-corrected chi connectivity index (χ4v) is 2.16. The van der Waals surface area contributed by atoms with E-state index >= 15 is 0 Å². The average molecular weight is 274 g/mol. The lowest BCUT2D eigenvalue weighted by Crippen LogP contribution is -2.24. The zero-order valence-corrected chi connectivity index (χ0v) is 10.7. The number of aliphatic hydroxyl groups is 1. The van der Waals surface area contributed by atoms with Crippen molar-refractivity contribution in [2.24, 2.45) is 0 Å². The smallest absolute Gasteiger partial charge is 0.227 e. The molecule has 2 heterocycles. The summed E-state index contributed by atoms with van der Waals surface area (Å²) in [5.41, 5.74) is 0.833.